The van der Waals surface area contributed by atoms with Crippen molar-refractivity contribution in [2.75, 3.05) is 13.2 Å². The monoisotopic (exact) mass is 102 g/mol. The molecule has 0 aromatic rings. The van der Waals surface area contributed by atoms with Crippen LogP contribution in [0.4, 0.5) is 0 Å². The fourth-order valence-corrected chi connectivity index (χ4v) is 0.250. The van der Waals surface area contributed by atoms with Gasteiger partial charge in [-0.1, -0.05) is 6.58 Å². The second-order valence-electron chi connectivity index (χ2n) is 1.13. The molecule has 0 rings (SSSR count). The predicted octanol–water partition coefficient (Wildman–Crippen LogP) is 0.529. The van der Waals surface area contributed by atoms with Crippen molar-refractivity contribution in [1.82, 2.24) is 0 Å². The van der Waals surface area contributed by atoms with Crippen LogP contribution in [0.1, 0.15) is 6.92 Å². The van der Waals surface area contributed by atoms with E-state index in [1.54, 1.807) is 0 Å². The van der Waals surface area contributed by atoms with Gasteiger partial charge in [0, 0.05) is 0 Å². The first-order valence-electron chi connectivity index (χ1n) is 2.22. The summed E-state index contributed by atoms with van der Waals surface area (Å²) in [6, 6.07) is 0. The summed E-state index contributed by atoms with van der Waals surface area (Å²) in [5.41, 5.74) is 0. The molecule has 0 saturated carbocycles. The minimum absolute atomic E-state index is 0.0756. The summed E-state index contributed by atoms with van der Waals surface area (Å²) in [7, 11) is 0. The molecule has 0 spiro atoms. The van der Waals surface area contributed by atoms with Gasteiger partial charge in [0.1, 0.15) is 5.76 Å². The van der Waals surface area contributed by atoms with Crippen molar-refractivity contribution in [1.29, 1.82) is 0 Å². The summed E-state index contributed by atoms with van der Waals surface area (Å²) in [5, 5.41) is 8.24. The molecule has 7 heavy (non-hydrogen) atoms. The zero-order valence-electron chi connectivity index (χ0n) is 4.48. The quantitative estimate of drug-likeness (QED) is 0.527. The van der Waals surface area contributed by atoms with Crippen LogP contribution >= 0.6 is 0 Å². The molecule has 0 aliphatic carbocycles. The van der Waals surface area contributed by atoms with E-state index in [0.717, 1.165) is 0 Å². The van der Waals surface area contributed by atoms with Crippen molar-refractivity contribution in [3.8, 4) is 0 Å². The van der Waals surface area contributed by atoms with E-state index in [1.165, 1.54) is 0 Å². The van der Waals surface area contributed by atoms with E-state index in [1.807, 2.05) is 6.92 Å². The molecule has 0 unspecified atom stereocenters. The van der Waals surface area contributed by atoms with Gasteiger partial charge in [-0.3, -0.25) is 0 Å². The normalized spacial score (nSPS) is 8.29. The first-order valence-corrected chi connectivity index (χ1v) is 2.22. The first-order chi connectivity index (χ1) is 3.31. The van der Waals surface area contributed by atoms with Gasteiger partial charge in [-0.05, 0) is 6.92 Å². The third kappa shape index (κ3) is 3.33. The zero-order chi connectivity index (χ0) is 5.70. The Labute approximate surface area is 43.4 Å². The standard InChI is InChI=1S/C5H10O2/c1-3-7-5(2)4-6/h6H,2-4H2,1H3. The lowest BCUT2D eigenvalue weighted by atomic mass is 10.6. The highest BCUT2D eigenvalue weighted by atomic mass is 16.5. The molecule has 1 N–H and O–H groups in total. The van der Waals surface area contributed by atoms with Crippen molar-refractivity contribution < 1.29 is 9.84 Å². The van der Waals surface area contributed by atoms with E-state index < -0.39 is 0 Å². The van der Waals surface area contributed by atoms with Crippen molar-refractivity contribution in [2.45, 2.75) is 6.92 Å². The molecule has 0 saturated heterocycles. The lowest BCUT2D eigenvalue weighted by Gasteiger charge is -1.99. The topological polar surface area (TPSA) is 29.5 Å². The van der Waals surface area contributed by atoms with E-state index in [2.05, 4.69) is 6.58 Å². The average molecular weight is 102 g/mol. The molecule has 0 fully saturated rings. The molecule has 2 heteroatoms. The SMILES string of the molecule is C=C(CO)OCC. The summed E-state index contributed by atoms with van der Waals surface area (Å²) in [5.74, 6) is 0.433. The highest BCUT2D eigenvalue weighted by Crippen LogP contribution is 1.87. The van der Waals surface area contributed by atoms with Gasteiger partial charge in [0.25, 0.3) is 0 Å². The van der Waals surface area contributed by atoms with Crippen molar-refractivity contribution in [3.63, 3.8) is 0 Å². The predicted molar refractivity (Wildman–Crippen MR) is 27.9 cm³/mol. The van der Waals surface area contributed by atoms with Crippen LogP contribution in [-0.2, 0) is 4.74 Å². The average Bonchev–Trinajstić information content (AvgIpc) is 1.68. The fourth-order valence-electron chi connectivity index (χ4n) is 0.250. The Hall–Kier alpha value is -0.500. The number of ether oxygens (including phenoxy) is 1. The molecule has 0 aromatic heterocycles. The molecule has 42 valence electrons. The van der Waals surface area contributed by atoms with Gasteiger partial charge >= 0.3 is 0 Å². The third-order valence-electron chi connectivity index (χ3n) is 0.525. The van der Waals surface area contributed by atoms with Crippen LogP contribution in [0.5, 0.6) is 0 Å². The van der Waals surface area contributed by atoms with Crippen LogP contribution < -0.4 is 0 Å². The van der Waals surface area contributed by atoms with Gasteiger partial charge in [-0.15, -0.1) is 0 Å². The van der Waals surface area contributed by atoms with Crippen LogP contribution in [0.15, 0.2) is 12.3 Å². The van der Waals surface area contributed by atoms with E-state index in [-0.39, 0.29) is 6.61 Å². The maximum atomic E-state index is 8.24. The number of aliphatic hydroxyl groups is 1. The fraction of sp³-hybridized carbons (Fsp3) is 0.600. The van der Waals surface area contributed by atoms with Crippen molar-refractivity contribution in [2.24, 2.45) is 0 Å². The molecule has 0 aliphatic rings. The Kier molecular flexibility index (Phi) is 3.42. The molecular formula is C5H10O2. The van der Waals surface area contributed by atoms with Crippen LogP contribution in [-0.4, -0.2) is 18.3 Å². The van der Waals surface area contributed by atoms with Gasteiger partial charge < -0.3 is 9.84 Å². The van der Waals surface area contributed by atoms with Crippen LogP contribution in [0.2, 0.25) is 0 Å². The maximum absolute atomic E-state index is 8.24. The van der Waals surface area contributed by atoms with Gasteiger partial charge in [0.2, 0.25) is 0 Å². The largest absolute Gasteiger partial charge is 0.496 e. The van der Waals surface area contributed by atoms with E-state index in [4.69, 9.17) is 9.84 Å². The molecule has 2 nitrogen and oxygen atoms in total. The molecule has 0 aromatic carbocycles. The van der Waals surface area contributed by atoms with E-state index >= 15 is 0 Å². The second-order valence-corrected chi connectivity index (χ2v) is 1.13. The highest BCUT2D eigenvalue weighted by Gasteiger charge is 1.83. The summed E-state index contributed by atoms with van der Waals surface area (Å²) >= 11 is 0. The number of hydrogen-bond acceptors (Lipinski definition) is 2. The summed E-state index contributed by atoms with van der Waals surface area (Å²) in [6.07, 6.45) is 0. The highest BCUT2D eigenvalue weighted by molar-refractivity contribution is 4.79. The summed E-state index contributed by atoms with van der Waals surface area (Å²) in [4.78, 5) is 0. The number of rotatable bonds is 3. The molecule has 0 heterocycles. The molecule has 0 aliphatic heterocycles. The summed E-state index contributed by atoms with van der Waals surface area (Å²) < 4.78 is 4.75. The molecule has 0 atom stereocenters. The van der Waals surface area contributed by atoms with E-state index in [9.17, 15) is 0 Å². The molecular weight excluding hydrogens is 92.1 g/mol. The van der Waals surface area contributed by atoms with Crippen molar-refractivity contribution in [3.05, 3.63) is 12.3 Å². The Balaban J connectivity index is 3.00. The van der Waals surface area contributed by atoms with Crippen molar-refractivity contribution >= 4 is 0 Å². The Morgan fingerprint density at radius 1 is 1.86 bits per heavy atom. The molecule has 0 radical (unpaired) electrons. The van der Waals surface area contributed by atoms with Crippen LogP contribution in [0.3, 0.4) is 0 Å². The number of aliphatic hydroxyl groups excluding tert-OH is 1. The molecule has 0 bridgehead atoms. The second kappa shape index (κ2) is 3.68. The lowest BCUT2D eigenvalue weighted by molar-refractivity contribution is 0.173. The summed E-state index contributed by atoms with van der Waals surface area (Å²) in [6.45, 7) is 5.75. The Morgan fingerprint density at radius 3 is 2.57 bits per heavy atom. The minimum atomic E-state index is -0.0756. The van der Waals surface area contributed by atoms with Gasteiger partial charge in [-0.2, -0.15) is 0 Å². The van der Waals surface area contributed by atoms with Crippen LogP contribution in [0, 0.1) is 0 Å². The smallest absolute Gasteiger partial charge is 0.114 e. The Morgan fingerprint density at radius 2 is 2.43 bits per heavy atom. The maximum Gasteiger partial charge on any atom is 0.114 e. The third-order valence-corrected chi connectivity index (χ3v) is 0.525. The van der Waals surface area contributed by atoms with E-state index in [0.29, 0.717) is 12.4 Å². The first kappa shape index (κ1) is 6.50. The zero-order valence-corrected chi connectivity index (χ0v) is 4.48. The van der Waals surface area contributed by atoms with Gasteiger partial charge in [0.15, 0.2) is 0 Å². The lowest BCUT2D eigenvalue weighted by Crippen LogP contribution is -1.93. The minimum Gasteiger partial charge on any atom is -0.496 e. The van der Waals surface area contributed by atoms with Gasteiger partial charge in [0.05, 0.1) is 13.2 Å². The van der Waals surface area contributed by atoms with Gasteiger partial charge in [-0.25, -0.2) is 0 Å². The molecule has 0 amide bonds. The number of hydrogen-bond donors (Lipinski definition) is 1. The Bertz CT molecular complexity index is 59.1. The van der Waals surface area contributed by atoms with Crippen LogP contribution in [0.25, 0.3) is 0 Å².